The molecule has 3 saturated carbocycles. The number of pyridine rings is 1. The third-order valence-electron chi connectivity index (χ3n) is 6.97. The number of hydrogen-bond donors (Lipinski definition) is 1. The molecular weight excluding hydrogens is 338 g/mol. The van der Waals surface area contributed by atoms with E-state index in [9.17, 15) is 9.59 Å². The summed E-state index contributed by atoms with van der Waals surface area (Å²) in [7, 11) is 1.88. The molecule has 0 bridgehead atoms. The Morgan fingerprint density at radius 3 is 2.63 bits per heavy atom. The van der Waals surface area contributed by atoms with Crippen LogP contribution in [-0.2, 0) is 16.0 Å². The zero-order chi connectivity index (χ0) is 19.0. The fourth-order valence-electron chi connectivity index (χ4n) is 4.90. The normalized spacial score (nSPS) is 21.9. The van der Waals surface area contributed by atoms with Crippen LogP contribution in [0.2, 0.25) is 0 Å². The Hall–Kier alpha value is -1.91. The second-order valence-corrected chi connectivity index (χ2v) is 9.16. The number of nitrogens with zero attached hydrogens (tertiary/aromatic N) is 2. The maximum absolute atomic E-state index is 12.8. The number of carbonyl (C=O) groups excluding carboxylic acids is 2. The first-order valence-electron chi connectivity index (χ1n) is 10.4. The molecule has 2 amide bonds. The van der Waals surface area contributed by atoms with Crippen molar-refractivity contribution in [2.45, 2.75) is 64.3 Å². The minimum absolute atomic E-state index is 0.102. The molecule has 1 spiro atoms. The summed E-state index contributed by atoms with van der Waals surface area (Å²) >= 11 is 0. The molecule has 1 aromatic heterocycles. The fourth-order valence-corrected chi connectivity index (χ4v) is 4.90. The molecule has 3 aliphatic carbocycles. The monoisotopic (exact) mass is 369 g/mol. The first kappa shape index (κ1) is 18.5. The topological polar surface area (TPSA) is 62.3 Å². The van der Waals surface area contributed by atoms with Crippen molar-refractivity contribution in [1.29, 1.82) is 0 Å². The van der Waals surface area contributed by atoms with Crippen LogP contribution in [0.5, 0.6) is 0 Å². The Morgan fingerprint density at radius 1 is 1.30 bits per heavy atom. The second-order valence-electron chi connectivity index (χ2n) is 9.16. The molecule has 0 aromatic carbocycles. The lowest BCUT2D eigenvalue weighted by atomic mass is 9.51. The van der Waals surface area contributed by atoms with Gasteiger partial charge in [-0.05, 0) is 67.9 Å². The quantitative estimate of drug-likeness (QED) is 0.804. The van der Waals surface area contributed by atoms with Crippen LogP contribution < -0.4 is 5.32 Å². The first-order chi connectivity index (χ1) is 13.0. The lowest BCUT2D eigenvalue weighted by Gasteiger charge is -2.53. The van der Waals surface area contributed by atoms with E-state index in [1.807, 2.05) is 24.9 Å². The maximum Gasteiger partial charge on any atom is 0.227 e. The summed E-state index contributed by atoms with van der Waals surface area (Å²) in [4.78, 5) is 31.3. The van der Waals surface area contributed by atoms with E-state index in [-0.39, 0.29) is 23.8 Å². The van der Waals surface area contributed by atoms with Gasteiger partial charge < -0.3 is 10.2 Å². The van der Waals surface area contributed by atoms with Gasteiger partial charge in [0.1, 0.15) is 0 Å². The van der Waals surface area contributed by atoms with Gasteiger partial charge in [0.2, 0.25) is 11.8 Å². The number of likely N-dealkylation sites (N-methyl/N-ethyl adjacent to an activating group) is 1. The van der Waals surface area contributed by atoms with E-state index in [0.29, 0.717) is 24.3 Å². The number of hydrogen-bond acceptors (Lipinski definition) is 3. The van der Waals surface area contributed by atoms with Crippen molar-refractivity contribution in [1.82, 2.24) is 15.2 Å². The van der Waals surface area contributed by atoms with Gasteiger partial charge in [0.25, 0.3) is 0 Å². The van der Waals surface area contributed by atoms with Gasteiger partial charge in [-0.25, -0.2) is 0 Å². The molecule has 0 saturated heterocycles. The first-order valence-corrected chi connectivity index (χ1v) is 10.4. The molecule has 3 aliphatic rings. The molecule has 1 aromatic rings. The van der Waals surface area contributed by atoms with E-state index in [0.717, 1.165) is 36.8 Å². The van der Waals surface area contributed by atoms with Gasteiger partial charge >= 0.3 is 0 Å². The van der Waals surface area contributed by atoms with Crippen molar-refractivity contribution >= 4 is 11.8 Å². The van der Waals surface area contributed by atoms with Crippen LogP contribution in [0, 0.1) is 24.2 Å². The predicted octanol–water partition coefficient (Wildman–Crippen LogP) is 2.87. The summed E-state index contributed by atoms with van der Waals surface area (Å²) in [6.45, 7) is 2.57. The van der Waals surface area contributed by atoms with E-state index in [1.165, 1.54) is 19.3 Å². The van der Waals surface area contributed by atoms with Crippen LogP contribution in [0.4, 0.5) is 0 Å². The molecule has 5 nitrogen and oxygen atoms in total. The number of amides is 2. The maximum atomic E-state index is 12.8. The molecule has 5 heteroatoms. The number of rotatable bonds is 7. The zero-order valence-electron chi connectivity index (χ0n) is 16.5. The van der Waals surface area contributed by atoms with Gasteiger partial charge in [-0.15, -0.1) is 0 Å². The molecule has 1 atom stereocenters. The van der Waals surface area contributed by atoms with Gasteiger partial charge in [-0.3, -0.25) is 14.6 Å². The summed E-state index contributed by atoms with van der Waals surface area (Å²) < 4.78 is 0. The minimum atomic E-state index is 0.102. The van der Waals surface area contributed by atoms with E-state index < -0.39 is 0 Å². The molecule has 4 rings (SSSR count). The predicted molar refractivity (Wildman–Crippen MR) is 104 cm³/mol. The van der Waals surface area contributed by atoms with Gasteiger partial charge in [-0.2, -0.15) is 0 Å². The Kier molecular flexibility index (Phi) is 4.95. The molecule has 27 heavy (non-hydrogen) atoms. The van der Waals surface area contributed by atoms with Gasteiger partial charge in [0, 0.05) is 31.9 Å². The van der Waals surface area contributed by atoms with Crippen molar-refractivity contribution in [2.24, 2.45) is 17.3 Å². The highest BCUT2D eigenvalue weighted by molar-refractivity contribution is 5.81. The minimum Gasteiger partial charge on any atom is -0.354 e. The fraction of sp³-hybridized carbons (Fsp3) is 0.682. The molecule has 0 aliphatic heterocycles. The van der Waals surface area contributed by atoms with Crippen molar-refractivity contribution in [2.75, 3.05) is 13.6 Å². The average molecular weight is 370 g/mol. The Labute approximate surface area is 161 Å². The largest absolute Gasteiger partial charge is 0.354 e. The Morgan fingerprint density at radius 2 is 2.04 bits per heavy atom. The van der Waals surface area contributed by atoms with E-state index >= 15 is 0 Å². The molecule has 146 valence electrons. The van der Waals surface area contributed by atoms with Crippen LogP contribution in [0.1, 0.15) is 56.1 Å². The van der Waals surface area contributed by atoms with Crippen molar-refractivity contribution in [3.63, 3.8) is 0 Å². The SMILES string of the molecule is Cc1cncc(CC(=O)N(C)C(CNC(=O)C2CC3(CCC3)C2)C2CC2)c1. The molecule has 1 unspecified atom stereocenters. The summed E-state index contributed by atoms with van der Waals surface area (Å²) in [5.41, 5.74) is 2.54. The zero-order valence-corrected chi connectivity index (χ0v) is 16.5. The summed E-state index contributed by atoms with van der Waals surface area (Å²) in [6, 6.07) is 2.12. The van der Waals surface area contributed by atoms with E-state index in [1.54, 1.807) is 12.4 Å². The van der Waals surface area contributed by atoms with Crippen LogP contribution in [0.3, 0.4) is 0 Å². The molecular formula is C22H31N3O2. The van der Waals surface area contributed by atoms with Gasteiger partial charge in [0.15, 0.2) is 0 Å². The third-order valence-corrected chi connectivity index (χ3v) is 6.97. The number of carbonyl (C=O) groups is 2. The smallest absolute Gasteiger partial charge is 0.227 e. The van der Waals surface area contributed by atoms with E-state index in [2.05, 4.69) is 10.3 Å². The number of aromatic nitrogens is 1. The second kappa shape index (κ2) is 7.25. The van der Waals surface area contributed by atoms with Crippen LogP contribution in [0.15, 0.2) is 18.5 Å². The van der Waals surface area contributed by atoms with Crippen LogP contribution in [0.25, 0.3) is 0 Å². The molecule has 0 radical (unpaired) electrons. The van der Waals surface area contributed by atoms with Crippen LogP contribution >= 0.6 is 0 Å². The van der Waals surface area contributed by atoms with Crippen LogP contribution in [-0.4, -0.2) is 41.3 Å². The number of aryl methyl sites for hydroxylation is 1. The lowest BCUT2D eigenvalue weighted by molar-refractivity contribution is -0.138. The average Bonchev–Trinajstić information content (AvgIpc) is 3.37. The molecule has 1 N–H and O–H groups in total. The lowest BCUT2D eigenvalue weighted by Crippen LogP contribution is -2.52. The molecule has 3 fully saturated rings. The van der Waals surface area contributed by atoms with E-state index in [4.69, 9.17) is 0 Å². The van der Waals surface area contributed by atoms with Crippen molar-refractivity contribution in [3.05, 3.63) is 29.6 Å². The standard InChI is InChI=1S/C22H31N3O2/c1-15-8-16(13-23-12-15)9-20(26)25(2)19(17-4-5-17)14-24-21(27)18-10-22(11-18)6-3-7-22/h8,12-13,17-19H,3-7,9-11,14H2,1-2H3,(H,24,27). The third kappa shape index (κ3) is 4.02. The number of nitrogens with one attached hydrogen (secondary N) is 1. The highest BCUT2D eigenvalue weighted by Gasteiger charge is 2.50. The van der Waals surface area contributed by atoms with Crippen molar-refractivity contribution in [3.8, 4) is 0 Å². The van der Waals surface area contributed by atoms with Gasteiger partial charge in [0.05, 0.1) is 12.5 Å². The van der Waals surface area contributed by atoms with Gasteiger partial charge in [-0.1, -0.05) is 12.5 Å². The molecule has 1 heterocycles. The van der Waals surface area contributed by atoms with Crippen molar-refractivity contribution < 1.29 is 9.59 Å². The highest BCUT2D eigenvalue weighted by Crippen LogP contribution is 2.58. The Balaban J connectivity index is 1.29. The summed E-state index contributed by atoms with van der Waals surface area (Å²) in [5, 5.41) is 3.16. The highest BCUT2D eigenvalue weighted by atomic mass is 16.2. The Bertz CT molecular complexity index is 716. The summed E-state index contributed by atoms with van der Waals surface area (Å²) in [5.74, 6) is 1.02. The summed E-state index contributed by atoms with van der Waals surface area (Å²) in [6.07, 6.45) is 12.3.